The van der Waals surface area contributed by atoms with Crippen LogP contribution in [0.5, 0.6) is 0 Å². The fraction of sp³-hybridized carbons (Fsp3) is 0.0702. The highest BCUT2D eigenvalue weighted by Gasteiger charge is 2.31. The molecule has 2 aromatic heterocycles. The summed E-state index contributed by atoms with van der Waals surface area (Å²) in [5.41, 5.74) is 14.2. The fourth-order valence-corrected chi connectivity index (χ4v) is 9.60. The zero-order valence-electron chi connectivity index (χ0n) is 33.3. The Labute approximate surface area is 351 Å². The fourth-order valence-electron chi connectivity index (χ4n) is 9.60. The number of anilines is 1. The molecule has 1 aliphatic carbocycles. The van der Waals surface area contributed by atoms with Gasteiger partial charge in [0.1, 0.15) is 0 Å². The van der Waals surface area contributed by atoms with Gasteiger partial charge in [0.15, 0.2) is 0 Å². The van der Waals surface area contributed by atoms with E-state index in [1.807, 2.05) is 12.3 Å². The lowest BCUT2D eigenvalue weighted by molar-refractivity contribution is 0.749. The van der Waals surface area contributed by atoms with Crippen molar-refractivity contribution in [2.45, 2.75) is 24.8 Å². The van der Waals surface area contributed by atoms with Crippen molar-refractivity contribution in [1.82, 2.24) is 9.55 Å². The van der Waals surface area contributed by atoms with Gasteiger partial charge in [-0.2, -0.15) is 0 Å². The average molecular weight is 770 g/mol. The molecule has 9 aromatic rings. The van der Waals surface area contributed by atoms with Crippen LogP contribution >= 0.6 is 0 Å². The molecule has 60 heavy (non-hydrogen) atoms. The van der Waals surface area contributed by atoms with E-state index in [2.05, 4.69) is 222 Å². The number of benzene rings is 7. The monoisotopic (exact) mass is 769 g/mol. The van der Waals surface area contributed by atoms with Crippen molar-refractivity contribution >= 4 is 32.9 Å². The summed E-state index contributed by atoms with van der Waals surface area (Å²) < 4.78 is 2.49. The number of hydrogen-bond acceptors (Lipinski definition) is 2. The summed E-state index contributed by atoms with van der Waals surface area (Å²) in [4.78, 5) is 7.61. The molecule has 1 aliphatic heterocycles. The van der Waals surface area contributed by atoms with Crippen LogP contribution in [0.25, 0.3) is 66.6 Å². The maximum atomic E-state index is 5.06. The Hall–Kier alpha value is -7.49. The van der Waals surface area contributed by atoms with Crippen molar-refractivity contribution in [1.29, 1.82) is 0 Å². The molecule has 2 atom stereocenters. The number of nitrogens with zero attached hydrogens (tertiary/aromatic N) is 3. The smallest absolute Gasteiger partial charge is 0.0714 e. The van der Waals surface area contributed by atoms with E-state index >= 15 is 0 Å². The number of hydrogen-bond donors (Lipinski definition) is 0. The Bertz CT molecular complexity index is 3070. The highest BCUT2D eigenvalue weighted by molar-refractivity contribution is 6.22. The molecule has 0 amide bonds. The van der Waals surface area contributed by atoms with Crippen molar-refractivity contribution in [3.05, 3.63) is 241 Å². The lowest BCUT2D eigenvalue weighted by Gasteiger charge is -2.31. The van der Waals surface area contributed by atoms with Crippen molar-refractivity contribution in [2.75, 3.05) is 4.90 Å². The summed E-state index contributed by atoms with van der Waals surface area (Å²) in [5, 5.41) is 4.76. The van der Waals surface area contributed by atoms with Gasteiger partial charge < -0.3 is 9.47 Å². The highest BCUT2D eigenvalue weighted by atomic mass is 15.2. The van der Waals surface area contributed by atoms with Crippen molar-refractivity contribution in [3.8, 4) is 39.3 Å². The van der Waals surface area contributed by atoms with Crippen LogP contribution in [-0.4, -0.2) is 9.55 Å². The van der Waals surface area contributed by atoms with E-state index in [-0.39, 0.29) is 12.0 Å². The molecule has 3 heterocycles. The lowest BCUT2D eigenvalue weighted by atomic mass is 9.86. The maximum absolute atomic E-state index is 5.06. The first-order valence-electron chi connectivity index (χ1n) is 21.0. The molecule has 2 aliphatic rings. The summed E-state index contributed by atoms with van der Waals surface area (Å²) >= 11 is 0. The normalized spacial score (nSPS) is 16.1. The Morgan fingerprint density at radius 3 is 1.82 bits per heavy atom. The third-order valence-corrected chi connectivity index (χ3v) is 12.3. The van der Waals surface area contributed by atoms with Gasteiger partial charge in [-0.3, -0.25) is 4.98 Å². The zero-order chi connectivity index (χ0) is 39.8. The molecule has 2 unspecified atom stereocenters. The van der Waals surface area contributed by atoms with Gasteiger partial charge in [0.2, 0.25) is 0 Å². The molecular formula is C57H43N3. The van der Waals surface area contributed by atoms with E-state index in [1.54, 1.807) is 0 Å². The molecule has 7 aromatic carbocycles. The summed E-state index contributed by atoms with van der Waals surface area (Å²) in [6.07, 6.45) is 15.2. The zero-order valence-corrected chi connectivity index (χ0v) is 33.3. The van der Waals surface area contributed by atoms with E-state index in [1.165, 1.54) is 66.4 Å². The van der Waals surface area contributed by atoms with E-state index in [0.29, 0.717) is 0 Å². The molecule has 3 heteroatoms. The third-order valence-electron chi connectivity index (χ3n) is 12.3. The van der Waals surface area contributed by atoms with Crippen LogP contribution in [0.1, 0.15) is 41.6 Å². The van der Waals surface area contributed by atoms with E-state index in [4.69, 9.17) is 4.98 Å². The molecule has 0 spiro atoms. The quantitative estimate of drug-likeness (QED) is 0.144. The third kappa shape index (κ3) is 6.27. The van der Waals surface area contributed by atoms with Crippen LogP contribution in [0.4, 0.5) is 5.69 Å². The topological polar surface area (TPSA) is 21.1 Å². The molecule has 11 rings (SSSR count). The van der Waals surface area contributed by atoms with E-state index < -0.39 is 0 Å². The molecular weight excluding hydrogens is 727 g/mol. The first-order chi connectivity index (χ1) is 29.8. The van der Waals surface area contributed by atoms with Crippen LogP contribution in [0, 0.1) is 0 Å². The van der Waals surface area contributed by atoms with Gasteiger partial charge in [-0.15, -0.1) is 0 Å². The standard InChI is InChI=1S/C57H43N3/c1-6-18-40(19-7-1)52-33-34-53(41-20-8-2-9-21-41)59(52)45-30-32-48-49(38-45)56(44-26-14-5-15-27-44)47-31-29-46(39-50(47)57(48)51-28-16-17-37-58-51)60-54(42-22-10-3-11-23-42)35-36-55(60)43-24-12-4-13-25-43/h1-20,22-35,37-39,41,55H,21,36H2. The van der Waals surface area contributed by atoms with Crippen LogP contribution < -0.4 is 4.90 Å². The molecule has 0 bridgehead atoms. The second kappa shape index (κ2) is 15.4. The van der Waals surface area contributed by atoms with Gasteiger partial charge in [-0.25, -0.2) is 0 Å². The van der Waals surface area contributed by atoms with Gasteiger partial charge >= 0.3 is 0 Å². The summed E-state index contributed by atoms with van der Waals surface area (Å²) in [6, 6.07) is 68.8. The SMILES string of the molecule is C1=CCC(c2ccc(-c3ccccc3)n2-c2ccc3c(-c4ccccn4)c4cc(N5C(c6ccccc6)=CCC5c5ccccc5)ccc4c(-c4ccccc4)c3c2)C=C1. The van der Waals surface area contributed by atoms with Crippen LogP contribution in [-0.2, 0) is 0 Å². The van der Waals surface area contributed by atoms with Gasteiger partial charge in [0.25, 0.3) is 0 Å². The Morgan fingerprint density at radius 2 is 1.12 bits per heavy atom. The minimum Gasteiger partial charge on any atom is -0.333 e. The van der Waals surface area contributed by atoms with Gasteiger partial charge in [0.05, 0.1) is 17.4 Å². The first-order valence-corrected chi connectivity index (χ1v) is 21.0. The van der Waals surface area contributed by atoms with Gasteiger partial charge in [-0.1, -0.05) is 170 Å². The maximum Gasteiger partial charge on any atom is 0.0714 e. The number of rotatable bonds is 8. The molecule has 0 saturated heterocycles. The number of pyridine rings is 1. The van der Waals surface area contributed by atoms with Crippen molar-refractivity contribution in [2.24, 2.45) is 0 Å². The van der Waals surface area contributed by atoms with Gasteiger partial charge in [0, 0.05) is 40.4 Å². The predicted molar refractivity (Wildman–Crippen MR) is 251 cm³/mol. The molecule has 0 N–H and O–H groups in total. The molecule has 3 nitrogen and oxygen atoms in total. The van der Waals surface area contributed by atoms with Crippen LogP contribution in [0.15, 0.2) is 225 Å². The molecule has 286 valence electrons. The van der Waals surface area contributed by atoms with Crippen molar-refractivity contribution in [3.63, 3.8) is 0 Å². The summed E-state index contributed by atoms with van der Waals surface area (Å²) in [6.45, 7) is 0. The number of aromatic nitrogens is 2. The molecule has 0 radical (unpaired) electrons. The van der Waals surface area contributed by atoms with E-state index in [9.17, 15) is 0 Å². The van der Waals surface area contributed by atoms with Crippen molar-refractivity contribution < 1.29 is 0 Å². The molecule has 0 saturated carbocycles. The second-order valence-electron chi connectivity index (χ2n) is 15.8. The Balaban J connectivity index is 1.19. The van der Waals surface area contributed by atoms with Gasteiger partial charge in [-0.05, 0) is 111 Å². The minimum atomic E-state index is 0.165. The second-order valence-corrected chi connectivity index (χ2v) is 15.8. The highest BCUT2D eigenvalue weighted by Crippen LogP contribution is 2.49. The lowest BCUT2D eigenvalue weighted by Crippen LogP contribution is -2.22. The Morgan fingerprint density at radius 1 is 0.483 bits per heavy atom. The average Bonchev–Trinajstić information content (AvgIpc) is 3.98. The number of allylic oxidation sites excluding steroid dienone is 4. The number of fused-ring (bicyclic) bond motifs is 2. The summed E-state index contributed by atoms with van der Waals surface area (Å²) in [7, 11) is 0. The molecule has 0 fully saturated rings. The Kier molecular flexibility index (Phi) is 9.13. The largest absolute Gasteiger partial charge is 0.333 e. The predicted octanol–water partition coefficient (Wildman–Crippen LogP) is 14.8. The van der Waals surface area contributed by atoms with Crippen LogP contribution in [0.2, 0.25) is 0 Å². The van der Waals surface area contributed by atoms with E-state index in [0.717, 1.165) is 35.5 Å². The summed E-state index contributed by atoms with van der Waals surface area (Å²) in [5.74, 6) is 0.274. The minimum absolute atomic E-state index is 0.165. The van der Waals surface area contributed by atoms with Crippen LogP contribution in [0.3, 0.4) is 0 Å². The first kappa shape index (κ1) is 35.7.